The van der Waals surface area contributed by atoms with Gasteiger partial charge < -0.3 is 6.42 Å². The number of hydrogen-bond acceptors (Lipinski definition) is 2. The Balaban J connectivity index is 0. The van der Waals surface area contributed by atoms with E-state index < -0.39 is 10.2 Å². The summed E-state index contributed by atoms with van der Waals surface area (Å²) < 4.78 is 22.9. The molecule has 0 atom stereocenters. The topological polar surface area (TPSA) is 72.2 Å². The van der Waals surface area contributed by atoms with Crippen molar-refractivity contribution >= 4 is 10.2 Å². The maximum Gasteiger partial charge on any atom is 0.274 e. The molecule has 0 aliphatic heterocycles. The molecule has 0 amide bonds. The molecule has 0 aromatic heterocycles. The summed E-state index contributed by atoms with van der Waals surface area (Å²) in [4.78, 5) is 0. The Hall–Kier alpha value is 0.532. The zero-order valence-corrected chi connectivity index (χ0v) is 10.6. The summed E-state index contributed by atoms with van der Waals surface area (Å²) in [5.41, 5.74) is 0. The molecule has 0 aliphatic carbocycles. The molecule has 0 fully saturated rings. The first-order valence-corrected chi connectivity index (χ1v) is 5.16. The van der Waals surface area contributed by atoms with Crippen LogP contribution in [0.3, 0.4) is 0 Å². The van der Waals surface area contributed by atoms with Crippen LogP contribution in [0, 0.1) is 6.42 Å². The van der Waals surface area contributed by atoms with E-state index >= 15 is 0 Å². The summed E-state index contributed by atoms with van der Waals surface area (Å²) in [7, 11) is -3.47. The summed E-state index contributed by atoms with van der Waals surface area (Å²) in [5, 5.41) is 4.70. The molecule has 75 valence electrons. The molecule has 0 spiro atoms. The molecule has 0 aromatic rings. The summed E-state index contributed by atoms with van der Waals surface area (Å²) in [6, 6.07) is 0. The van der Waals surface area contributed by atoms with E-state index in [2.05, 4.69) is 11.1 Å². The van der Waals surface area contributed by atoms with Gasteiger partial charge >= 0.3 is 0 Å². The van der Waals surface area contributed by atoms with Crippen molar-refractivity contribution in [3.8, 4) is 0 Å². The molecule has 3 N–H and O–H groups in total. The monoisotopic (exact) mass is 366 g/mol. The second-order valence-electron chi connectivity index (χ2n) is 2.34. The zero-order valence-electron chi connectivity index (χ0n) is 7.09. The van der Waals surface area contributed by atoms with Crippen LogP contribution in [0.25, 0.3) is 0 Å². The molecule has 0 bridgehead atoms. The summed E-state index contributed by atoms with van der Waals surface area (Å²) in [5.74, 6) is 0. The predicted molar refractivity (Wildman–Crippen MR) is 44.9 cm³/mol. The van der Waals surface area contributed by atoms with E-state index in [1.54, 1.807) is 0 Å². The Morgan fingerprint density at radius 2 is 2.00 bits per heavy atom. The fraction of sp³-hybridized carbons (Fsp3) is 0.833. The van der Waals surface area contributed by atoms with Crippen molar-refractivity contribution in [3.63, 3.8) is 0 Å². The Kier molecular flexibility index (Phi) is 10.2. The minimum Gasteiger partial charge on any atom is -0.332 e. The Morgan fingerprint density at radius 1 is 1.42 bits per heavy atom. The van der Waals surface area contributed by atoms with Crippen LogP contribution in [0.15, 0.2) is 0 Å². The van der Waals surface area contributed by atoms with Gasteiger partial charge in [0, 0.05) is 27.0 Å². The maximum absolute atomic E-state index is 10.3. The van der Waals surface area contributed by atoms with Gasteiger partial charge in [-0.05, 0) is 6.42 Å². The van der Waals surface area contributed by atoms with Crippen LogP contribution >= 0.6 is 0 Å². The maximum atomic E-state index is 10.3. The number of hydrogen-bond donors (Lipinski definition) is 2. The molecular formula is C6H15N2O2ReS-. The zero-order chi connectivity index (χ0) is 8.74. The third kappa shape index (κ3) is 13.1. The van der Waals surface area contributed by atoms with Crippen LogP contribution < -0.4 is 9.86 Å². The van der Waals surface area contributed by atoms with E-state index in [4.69, 9.17) is 5.14 Å². The smallest absolute Gasteiger partial charge is 0.274 e. The van der Waals surface area contributed by atoms with E-state index in [9.17, 15) is 8.42 Å². The number of nitrogens with one attached hydrogen (secondary N) is 1. The quantitative estimate of drug-likeness (QED) is 0.520. The van der Waals surface area contributed by atoms with Crippen molar-refractivity contribution in [3.05, 3.63) is 6.42 Å². The van der Waals surface area contributed by atoms with Crippen molar-refractivity contribution in [2.45, 2.75) is 26.2 Å². The van der Waals surface area contributed by atoms with E-state index in [1.807, 2.05) is 6.92 Å². The molecule has 12 heavy (non-hydrogen) atoms. The third-order valence-electron chi connectivity index (χ3n) is 1.22. The van der Waals surface area contributed by atoms with Gasteiger partial charge in [0.05, 0.1) is 0 Å². The molecule has 0 heterocycles. The van der Waals surface area contributed by atoms with Gasteiger partial charge in [0.1, 0.15) is 0 Å². The number of nitrogens with two attached hydrogens (primary N) is 1. The van der Waals surface area contributed by atoms with E-state index in [0.29, 0.717) is 6.54 Å². The molecule has 0 aliphatic rings. The van der Waals surface area contributed by atoms with E-state index in [1.165, 1.54) is 0 Å². The van der Waals surface area contributed by atoms with Gasteiger partial charge in [-0.3, -0.25) is 0 Å². The van der Waals surface area contributed by atoms with Crippen LogP contribution in [-0.4, -0.2) is 15.0 Å². The van der Waals surface area contributed by atoms with Gasteiger partial charge in [0.25, 0.3) is 10.2 Å². The number of unbranched alkanes of at least 4 members (excludes halogenated alkanes) is 3. The molecular weight excluding hydrogens is 350 g/mol. The first kappa shape index (κ1) is 15.0. The Bertz CT molecular complexity index is 182. The molecule has 0 saturated heterocycles. The fourth-order valence-electron chi connectivity index (χ4n) is 0.688. The number of rotatable bonds is 6. The molecule has 4 nitrogen and oxygen atoms in total. The minimum absolute atomic E-state index is 0. The molecule has 0 aromatic carbocycles. The van der Waals surface area contributed by atoms with Crippen molar-refractivity contribution in [2.75, 3.05) is 6.54 Å². The summed E-state index contributed by atoms with van der Waals surface area (Å²) in [6.45, 7) is 2.42. The van der Waals surface area contributed by atoms with E-state index in [0.717, 1.165) is 19.3 Å². The second kappa shape index (κ2) is 8.15. The van der Waals surface area contributed by atoms with Gasteiger partial charge in [-0.15, -0.1) is 0 Å². The van der Waals surface area contributed by atoms with Crippen molar-refractivity contribution < 1.29 is 28.8 Å². The van der Waals surface area contributed by atoms with Crippen LogP contribution in [0.2, 0.25) is 0 Å². The fourth-order valence-corrected chi connectivity index (χ4v) is 1.12. The molecule has 1 radical (unpaired) electrons. The average Bonchev–Trinajstić information content (AvgIpc) is 1.85. The van der Waals surface area contributed by atoms with Crippen molar-refractivity contribution in [1.29, 1.82) is 0 Å². The first-order valence-electron chi connectivity index (χ1n) is 3.61. The molecule has 0 rings (SSSR count). The normalized spacial score (nSPS) is 10.8. The summed E-state index contributed by atoms with van der Waals surface area (Å²) >= 11 is 0. The molecule has 0 unspecified atom stereocenters. The molecule has 6 heteroatoms. The van der Waals surface area contributed by atoms with Crippen LogP contribution in [0.4, 0.5) is 0 Å². The molecule has 0 saturated carbocycles. The standard InChI is InChI=1S/C6H15N2O2S.Re/c1-2-3-4-5-6-8-11(7,9)10;/h2,8H,3-6H2,1H3,(H2,7,9,10);/q-1;. The van der Waals surface area contributed by atoms with E-state index in [-0.39, 0.29) is 20.4 Å². The average molecular weight is 365 g/mol. The van der Waals surface area contributed by atoms with Crippen molar-refractivity contribution in [1.82, 2.24) is 4.72 Å². The predicted octanol–water partition coefficient (Wildman–Crippen LogP) is 0.171. The Labute approximate surface area is 88.1 Å². The van der Waals surface area contributed by atoms with Gasteiger partial charge in [-0.2, -0.15) is 21.8 Å². The first-order chi connectivity index (χ1) is 5.06. The SMILES string of the molecule is C[CH-]CCCCNS(N)(=O)=O.[Re]. The van der Waals surface area contributed by atoms with Gasteiger partial charge in [0.15, 0.2) is 0 Å². The van der Waals surface area contributed by atoms with Crippen LogP contribution in [0.5, 0.6) is 0 Å². The van der Waals surface area contributed by atoms with Gasteiger partial charge in [-0.25, -0.2) is 9.86 Å². The second-order valence-corrected chi connectivity index (χ2v) is 3.72. The minimum atomic E-state index is -3.47. The van der Waals surface area contributed by atoms with Gasteiger partial charge in [-0.1, -0.05) is 6.42 Å². The largest absolute Gasteiger partial charge is 0.332 e. The summed E-state index contributed by atoms with van der Waals surface area (Å²) in [6.07, 6.45) is 4.91. The van der Waals surface area contributed by atoms with Gasteiger partial charge in [0.2, 0.25) is 0 Å². The third-order valence-corrected chi connectivity index (χ3v) is 1.83. The van der Waals surface area contributed by atoms with Crippen LogP contribution in [0.1, 0.15) is 26.2 Å². The van der Waals surface area contributed by atoms with Crippen molar-refractivity contribution in [2.24, 2.45) is 5.14 Å². The Morgan fingerprint density at radius 3 is 2.42 bits per heavy atom. The van der Waals surface area contributed by atoms with Crippen LogP contribution in [-0.2, 0) is 30.6 Å².